The summed E-state index contributed by atoms with van der Waals surface area (Å²) in [6.07, 6.45) is 0. The minimum Gasteiger partial charge on any atom is -0.321 e. The minimum atomic E-state index is -0.237. The molecule has 3 nitrogen and oxygen atoms in total. The molecule has 2 N–H and O–H groups in total. The lowest BCUT2D eigenvalue weighted by Gasteiger charge is -2.09. The molecular weight excluding hydrogens is 291 g/mol. The second kappa shape index (κ2) is 6.34. The van der Waals surface area contributed by atoms with Crippen LogP contribution in [0.5, 0.6) is 0 Å². The van der Waals surface area contributed by atoms with Crippen LogP contribution in [-0.4, -0.2) is 4.98 Å². The zero-order valence-corrected chi connectivity index (χ0v) is 13.2. The van der Waals surface area contributed by atoms with Crippen molar-refractivity contribution in [1.29, 1.82) is 0 Å². The standard InChI is InChI=1S/C19H19FN2O/c1-12-7-8-14-9-16(19(23)22-18(14)13(12)2)11-21-10-15-5-3-4-6-17(15)20/h3-9,21H,10-11H2,1-2H3,(H,22,23). The molecule has 4 heteroatoms. The summed E-state index contributed by atoms with van der Waals surface area (Å²) in [7, 11) is 0. The van der Waals surface area contributed by atoms with Crippen molar-refractivity contribution in [2.75, 3.05) is 0 Å². The number of aromatic amines is 1. The molecule has 0 spiro atoms. The summed E-state index contributed by atoms with van der Waals surface area (Å²) in [6, 6.07) is 12.6. The molecule has 0 atom stereocenters. The van der Waals surface area contributed by atoms with Gasteiger partial charge in [-0.15, -0.1) is 0 Å². The van der Waals surface area contributed by atoms with Gasteiger partial charge in [-0.2, -0.15) is 0 Å². The Bertz CT molecular complexity index is 915. The van der Waals surface area contributed by atoms with E-state index in [1.807, 2.05) is 32.0 Å². The summed E-state index contributed by atoms with van der Waals surface area (Å²) in [5.41, 5.74) is 4.26. The van der Waals surface area contributed by atoms with Gasteiger partial charge in [-0.25, -0.2) is 4.39 Å². The van der Waals surface area contributed by atoms with Gasteiger partial charge >= 0.3 is 0 Å². The SMILES string of the molecule is Cc1ccc2cc(CNCc3ccccc3F)c(=O)[nH]c2c1C. The molecule has 2 aromatic carbocycles. The highest BCUT2D eigenvalue weighted by Crippen LogP contribution is 2.18. The average Bonchev–Trinajstić information content (AvgIpc) is 2.54. The first kappa shape index (κ1) is 15.4. The maximum Gasteiger partial charge on any atom is 0.252 e. The van der Waals surface area contributed by atoms with Crippen molar-refractivity contribution in [1.82, 2.24) is 10.3 Å². The molecule has 0 aliphatic heterocycles. The van der Waals surface area contributed by atoms with Gasteiger partial charge < -0.3 is 10.3 Å². The topological polar surface area (TPSA) is 44.9 Å². The van der Waals surface area contributed by atoms with Crippen molar-refractivity contribution in [2.24, 2.45) is 0 Å². The maximum atomic E-state index is 13.6. The molecule has 1 aromatic heterocycles. The second-order valence-corrected chi connectivity index (χ2v) is 5.79. The number of benzene rings is 2. The molecule has 0 saturated carbocycles. The van der Waals surface area contributed by atoms with Crippen LogP contribution in [0.3, 0.4) is 0 Å². The van der Waals surface area contributed by atoms with Crippen LogP contribution in [0, 0.1) is 19.7 Å². The number of aromatic nitrogens is 1. The number of halogens is 1. The Morgan fingerprint density at radius 1 is 1.04 bits per heavy atom. The van der Waals surface area contributed by atoms with E-state index in [-0.39, 0.29) is 11.4 Å². The van der Waals surface area contributed by atoms with Crippen molar-refractivity contribution in [3.63, 3.8) is 0 Å². The fourth-order valence-electron chi connectivity index (χ4n) is 2.67. The summed E-state index contributed by atoms with van der Waals surface area (Å²) in [5.74, 6) is -0.237. The second-order valence-electron chi connectivity index (χ2n) is 5.79. The van der Waals surface area contributed by atoms with Gasteiger partial charge in [-0.1, -0.05) is 30.3 Å². The number of rotatable bonds is 4. The number of hydrogen-bond donors (Lipinski definition) is 2. The molecule has 0 aliphatic rings. The van der Waals surface area contributed by atoms with Gasteiger partial charge in [0.15, 0.2) is 0 Å². The van der Waals surface area contributed by atoms with E-state index >= 15 is 0 Å². The van der Waals surface area contributed by atoms with Gasteiger partial charge in [0, 0.05) is 24.2 Å². The van der Waals surface area contributed by atoms with E-state index in [2.05, 4.69) is 10.3 Å². The first-order valence-corrected chi connectivity index (χ1v) is 7.62. The third-order valence-electron chi connectivity index (χ3n) is 4.22. The minimum absolute atomic E-state index is 0.104. The molecule has 0 bridgehead atoms. The highest BCUT2D eigenvalue weighted by atomic mass is 19.1. The smallest absolute Gasteiger partial charge is 0.252 e. The fraction of sp³-hybridized carbons (Fsp3) is 0.211. The van der Waals surface area contributed by atoms with Crippen molar-refractivity contribution < 1.29 is 4.39 Å². The molecule has 23 heavy (non-hydrogen) atoms. The Morgan fingerprint density at radius 3 is 2.57 bits per heavy atom. The van der Waals surface area contributed by atoms with Crippen LogP contribution in [0.4, 0.5) is 4.39 Å². The highest BCUT2D eigenvalue weighted by molar-refractivity contribution is 5.83. The van der Waals surface area contributed by atoms with E-state index in [1.165, 1.54) is 6.07 Å². The Hall–Kier alpha value is -2.46. The van der Waals surface area contributed by atoms with E-state index in [4.69, 9.17) is 0 Å². The van der Waals surface area contributed by atoms with Gasteiger partial charge in [0.05, 0.1) is 5.52 Å². The molecule has 3 aromatic rings. The predicted octanol–water partition coefficient (Wildman–Crippen LogP) is 3.57. The van der Waals surface area contributed by atoms with Gasteiger partial charge in [-0.3, -0.25) is 4.79 Å². The Morgan fingerprint density at radius 2 is 1.78 bits per heavy atom. The van der Waals surface area contributed by atoms with Crippen LogP contribution in [0.15, 0.2) is 47.3 Å². The molecule has 0 saturated heterocycles. The summed E-state index contributed by atoms with van der Waals surface area (Å²) in [6.45, 7) is 4.81. The highest BCUT2D eigenvalue weighted by Gasteiger charge is 2.07. The van der Waals surface area contributed by atoms with E-state index in [0.717, 1.165) is 22.0 Å². The van der Waals surface area contributed by atoms with Crippen LogP contribution >= 0.6 is 0 Å². The number of pyridine rings is 1. The van der Waals surface area contributed by atoms with Crippen molar-refractivity contribution >= 4 is 10.9 Å². The third kappa shape index (κ3) is 3.17. The lowest BCUT2D eigenvalue weighted by molar-refractivity contribution is 0.587. The summed E-state index contributed by atoms with van der Waals surface area (Å²) in [4.78, 5) is 15.2. The summed E-state index contributed by atoms with van der Waals surface area (Å²) >= 11 is 0. The van der Waals surface area contributed by atoms with Crippen LogP contribution < -0.4 is 10.9 Å². The number of nitrogens with one attached hydrogen (secondary N) is 2. The number of hydrogen-bond acceptors (Lipinski definition) is 2. The zero-order chi connectivity index (χ0) is 16.4. The lowest BCUT2D eigenvalue weighted by atomic mass is 10.0. The molecule has 0 fully saturated rings. The first-order chi connectivity index (χ1) is 11.1. The van der Waals surface area contributed by atoms with Gasteiger partial charge in [0.1, 0.15) is 5.82 Å². The van der Waals surface area contributed by atoms with Crippen LogP contribution in [0.2, 0.25) is 0 Å². The predicted molar refractivity (Wildman–Crippen MR) is 91.0 cm³/mol. The van der Waals surface area contributed by atoms with Crippen LogP contribution in [-0.2, 0) is 13.1 Å². The van der Waals surface area contributed by atoms with Gasteiger partial charge in [0.2, 0.25) is 0 Å². The maximum absolute atomic E-state index is 13.6. The van der Waals surface area contributed by atoms with Gasteiger partial charge in [0.25, 0.3) is 5.56 Å². The molecule has 0 amide bonds. The number of aryl methyl sites for hydroxylation is 2. The Labute approximate surface area is 134 Å². The summed E-state index contributed by atoms with van der Waals surface area (Å²) < 4.78 is 13.6. The van der Waals surface area contributed by atoms with E-state index in [9.17, 15) is 9.18 Å². The molecule has 0 aliphatic carbocycles. The van der Waals surface area contributed by atoms with Crippen LogP contribution in [0.25, 0.3) is 10.9 Å². The number of fused-ring (bicyclic) bond motifs is 1. The molecule has 118 valence electrons. The monoisotopic (exact) mass is 310 g/mol. The van der Waals surface area contributed by atoms with Crippen LogP contribution in [0.1, 0.15) is 22.3 Å². The molecule has 0 unspecified atom stereocenters. The normalized spacial score (nSPS) is 11.1. The van der Waals surface area contributed by atoms with Crippen molar-refractivity contribution in [3.05, 3.63) is 80.9 Å². The molecule has 1 heterocycles. The van der Waals surface area contributed by atoms with Gasteiger partial charge in [-0.05, 0) is 42.5 Å². The molecular formula is C19H19FN2O. The molecule has 3 rings (SSSR count). The fourth-order valence-corrected chi connectivity index (χ4v) is 2.67. The van der Waals surface area contributed by atoms with E-state index < -0.39 is 0 Å². The van der Waals surface area contributed by atoms with E-state index in [0.29, 0.717) is 24.2 Å². The average molecular weight is 310 g/mol. The quantitative estimate of drug-likeness (QED) is 0.774. The largest absolute Gasteiger partial charge is 0.321 e. The number of H-pyrrole nitrogens is 1. The zero-order valence-electron chi connectivity index (χ0n) is 13.2. The Kier molecular flexibility index (Phi) is 4.26. The van der Waals surface area contributed by atoms with E-state index in [1.54, 1.807) is 18.2 Å². The third-order valence-corrected chi connectivity index (χ3v) is 4.22. The van der Waals surface area contributed by atoms with Crippen molar-refractivity contribution in [2.45, 2.75) is 26.9 Å². The molecule has 0 radical (unpaired) electrons. The lowest BCUT2D eigenvalue weighted by Crippen LogP contribution is -2.21. The first-order valence-electron chi connectivity index (χ1n) is 7.62. The van der Waals surface area contributed by atoms with Crippen molar-refractivity contribution in [3.8, 4) is 0 Å². The Balaban J connectivity index is 1.81. The summed E-state index contributed by atoms with van der Waals surface area (Å²) in [5, 5.41) is 4.14.